The number of rotatable bonds is 4. The number of ether oxygens (including phenoxy) is 3. The van der Waals surface area contributed by atoms with Gasteiger partial charge in [-0.25, -0.2) is 4.98 Å². The lowest BCUT2D eigenvalue weighted by Crippen LogP contribution is -2.28. The van der Waals surface area contributed by atoms with Crippen LogP contribution in [0.25, 0.3) is 0 Å². The summed E-state index contributed by atoms with van der Waals surface area (Å²) < 4.78 is 15.2. The molecule has 0 saturated heterocycles. The maximum Gasteiger partial charge on any atom is 0.289 e. The van der Waals surface area contributed by atoms with Gasteiger partial charge in [0.15, 0.2) is 0 Å². The van der Waals surface area contributed by atoms with E-state index >= 15 is 0 Å². The van der Waals surface area contributed by atoms with Crippen LogP contribution in [0.15, 0.2) is 30.4 Å². The normalized spacial score (nSPS) is 13.9. The molecule has 0 spiro atoms. The molecule has 2 heterocycles. The summed E-state index contributed by atoms with van der Waals surface area (Å²) in [6.45, 7) is 1.24. The molecule has 2 rings (SSSR count). The predicted octanol–water partition coefficient (Wildman–Crippen LogP) is 0.595. The molecular formula is C12H14N2O4. The number of methoxy groups -OCH3 is 1. The Morgan fingerprint density at radius 2 is 2.44 bits per heavy atom. The molecule has 1 amide bonds. The minimum atomic E-state index is -0.300. The van der Waals surface area contributed by atoms with Gasteiger partial charge in [0.2, 0.25) is 11.6 Å². The zero-order valence-electron chi connectivity index (χ0n) is 10.0. The maximum atomic E-state index is 11.7. The van der Waals surface area contributed by atoms with E-state index in [1.54, 1.807) is 25.4 Å². The summed E-state index contributed by atoms with van der Waals surface area (Å²) >= 11 is 0. The molecule has 0 fully saturated rings. The average Bonchev–Trinajstić information content (AvgIpc) is 2.46. The van der Waals surface area contributed by atoms with Gasteiger partial charge in [0.1, 0.15) is 19.5 Å². The quantitative estimate of drug-likeness (QED) is 0.847. The van der Waals surface area contributed by atoms with Gasteiger partial charge in [-0.3, -0.25) is 4.79 Å². The average molecular weight is 250 g/mol. The van der Waals surface area contributed by atoms with Gasteiger partial charge in [0.25, 0.3) is 5.91 Å². The second-order valence-electron chi connectivity index (χ2n) is 3.59. The largest absolute Gasteiger partial charge is 0.494 e. The topological polar surface area (TPSA) is 69.7 Å². The highest BCUT2D eigenvalue weighted by atomic mass is 16.6. The number of hydrogen-bond acceptors (Lipinski definition) is 5. The molecule has 1 aromatic heterocycles. The third kappa shape index (κ3) is 3.13. The highest BCUT2D eigenvalue weighted by Crippen LogP contribution is 2.09. The summed E-state index contributed by atoms with van der Waals surface area (Å²) in [5, 5.41) is 2.72. The Bertz CT molecular complexity index is 459. The third-order valence-corrected chi connectivity index (χ3v) is 2.33. The van der Waals surface area contributed by atoms with Crippen LogP contribution in [0.4, 0.5) is 0 Å². The van der Waals surface area contributed by atoms with Crippen LogP contribution < -0.4 is 10.1 Å². The Hall–Kier alpha value is -2.24. The molecule has 6 nitrogen and oxygen atoms in total. The van der Waals surface area contributed by atoms with Crippen LogP contribution in [0.1, 0.15) is 5.56 Å². The molecular weight excluding hydrogens is 236 g/mol. The van der Waals surface area contributed by atoms with Crippen LogP contribution in [-0.4, -0.2) is 31.2 Å². The Labute approximate surface area is 105 Å². The summed E-state index contributed by atoms with van der Waals surface area (Å²) in [7, 11) is 1.54. The molecule has 0 bridgehead atoms. The van der Waals surface area contributed by atoms with E-state index in [1.165, 1.54) is 6.26 Å². The fourth-order valence-electron chi connectivity index (χ4n) is 1.43. The molecule has 0 unspecified atom stereocenters. The summed E-state index contributed by atoms with van der Waals surface area (Å²) in [6.07, 6.45) is 2.95. The number of pyridine rings is 1. The van der Waals surface area contributed by atoms with Crippen LogP contribution >= 0.6 is 0 Å². The fourth-order valence-corrected chi connectivity index (χ4v) is 1.43. The second kappa shape index (κ2) is 5.90. The van der Waals surface area contributed by atoms with Gasteiger partial charge in [0.05, 0.1) is 7.11 Å². The number of amides is 1. The predicted molar refractivity (Wildman–Crippen MR) is 62.6 cm³/mol. The van der Waals surface area contributed by atoms with Crippen molar-refractivity contribution in [3.05, 3.63) is 35.9 Å². The van der Waals surface area contributed by atoms with Gasteiger partial charge < -0.3 is 19.5 Å². The molecule has 0 atom stereocenters. The number of carbonyl (C=O) groups is 1. The molecule has 1 aromatic rings. The van der Waals surface area contributed by atoms with Crippen molar-refractivity contribution < 1.29 is 19.0 Å². The molecule has 1 aliphatic heterocycles. The zero-order valence-corrected chi connectivity index (χ0v) is 10.0. The van der Waals surface area contributed by atoms with E-state index in [4.69, 9.17) is 14.2 Å². The van der Waals surface area contributed by atoms with E-state index in [1.807, 2.05) is 0 Å². The highest BCUT2D eigenvalue weighted by molar-refractivity contribution is 5.91. The van der Waals surface area contributed by atoms with Gasteiger partial charge in [-0.2, -0.15) is 0 Å². The van der Waals surface area contributed by atoms with Gasteiger partial charge in [0, 0.05) is 18.8 Å². The number of carbonyl (C=O) groups excluding carboxylic acids is 1. The van der Waals surface area contributed by atoms with E-state index in [0.717, 1.165) is 5.56 Å². The minimum absolute atomic E-state index is 0.197. The van der Waals surface area contributed by atoms with E-state index < -0.39 is 0 Å². The van der Waals surface area contributed by atoms with Crippen molar-refractivity contribution in [3.8, 4) is 5.88 Å². The Kier molecular flexibility index (Phi) is 4.01. The van der Waals surface area contributed by atoms with Gasteiger partial charge in [-0.15, -0.1) is 0 Å². The first kappa shape index (κ1) is 12.2. The van der Waals surface area contributed by atoms with Crippen molar-refractivity contribution in [2.45, 2.75) is 6.54 Å². The summed E-state index contributed by atoms with van der Waals surface area (Å²) in [6, 6.07) is 3.56. The molecule has 6 heteroatoms. The number of aromatic nitrogens is 1. The number of nitrogens with zero attached hydrogens (tertiary/aromatic N) is 1. The number of hydrogen-bond donors (Lipinski definition) is 1. The molecule has 0 aromatic carbocycles. The van der Waals surface area contributed by atoms with Crippen molar-refractivity contribution in [2.75, 3.05) is 20.3 Å². The van der Waals surface area contributed by atoms with E-state index in [-0.39, 0.29) is 11.7 Å². The summed E-state index contributed by atoms with van der Waals surface area (Å²) in [5.74, 6) is 0.408. The lowest BCUT2D eigenvalue weighted by atomic mass is 10.2. The first-order chi connectivity index (χ1) is 8.79. The van der Waals surface area contributed by atoms with E-state index in [9.17, 15) is 4.79 Å². The summed E-state index contributed by atoms with van der Waals surface area (Å²) in [5.41, 5.74) is 0.896. The third-order valence-electron chi connectivity index (χ3n) is 2.33. The van der Waals surface area contributed by atoms with E-state index in [2.05, 4.69) is 10.3 Å². The molecule has 18 heavy (non-hydrogen) atoms. The van der Waals surface area contributed by atoms with Crippen molar-refractivity contribution >= 4 is 5.91 Å². The molecule has 1 aliphatic rings. The Balaban J connectivity index is 1.90. The van der Waals surface area contributed by atoms with Crippen molar-refractivity contribution in [1.82, 2.24) is 10.3 Å². The first-order valence-corrected chi connectivity index (χ1v) is 5.51. The SMILES string of the molecule is COc1cc(CNC(=O)C2=COCCO2)ccn1. The van der Waals surface area contributed by atoms with Crippen LogP contribution in [0.5, 0.6) is 5.88 Å². The smallest absolute Gasteiger partial charge is 0.289 e. The zero-order chi connectivity index (χ0) is 12.8. The Morgan fingerprint density at radius 1 is 1.56 bits per heavy atom. The van der Waals surface area contributed by atoms with Gasteiger partial charge in [-0.1, -0.05) is 0 Å². The van der Waals surface area contributed by atoms with Crippen LogP contribution in [0.2, 0.25) is 0 Å². The van der Waals surface area contributed by atoms with Gasteiger partial charge in [-0.05, 0) is 11.6 Å². The van der Waals surface area contributed by atoms with Crippen LogP contribution in [0, 0.1) is 0 Å². The molecule has 1 N–H and O–H groups in total. The van der Waals surface area contributed by atoms with Crippen molar-refractivity contribution in [3.63, 3.8) is 0 Å². The monoisotopic (exact) mass is 250 g/mol. The Morgan fingerprint density at radius 3 is 3.17 bits per heavy atom. The lowest BCUT2D eigenvalue weighted by Gasteiger charge is -2.15. The second-order valence-corrected chi connectivity index (χ2v) is 3.59. The standard InChI is InChI=1S/C12H14N2O4/c1-16-11-6-9(2-3-13-11)7-14-12(15)10-8-17-4-5-18-10/h2-3,6,8H,4-5,7H2,1H3,(H,14,15). The molecule has 0 saturated carbocycles. The number of nitrogens with one attached hydrogen (secondary N) is 1. The maximum absolute atomic E-state index is 11.7. The van der Waals surface area contributed by atoms with Crippen LogP contribution in [-0.2, 0) is 20.8 Å². The van der Waals surface area contributed by atoms with Crippen molar-refractivity contribution in [2.24, 2.45) is 0 Å². The molecule has 0 aliphatic carbocycles. The summed E-state index contributed by atoms with van der Waals surface area (Å²) in [4.78, 5) is 15.7. The first-order valence-electron chi connectivity index (χ1n) is 5.51. The van der Waals surface area contributed by atoms with E-state index in [0.29, 0.717) is 25.6 Å². The molecule has 0 radical (unpaired) electrons. The lowest BCUT2D eigenvalue weighted by molar-refractivity contribution is -0.122. The highest BCUT2D eigenvalue weighted by Gasteiger charge is 2.14. The fraction of sp³-hybridized carbons (Fsp3) is 0.333. The van der Waals surface area contributed by atoms with Gasteiger partial charge >= 0.3 is 0 Å². The minimum Gasteiger partial charge on any atom is -0.494 e. The van der Waals surface area contributed by atoms with Crippen LogP contribution in [0.3, 0.4) is 0 Å². The van der Waals surface area contributed by atoms with Crippen molar-refractivity contribution in [1.29, 1.82) is 0 Å². The molecule has 96 valence electrons.